The SMILES string of the molecule is C=C(CCC)C1=C(c2cc(C)c(-c3cc(O)cc4ccccc34)c(F)c2CCC)C2(CCCNC2)C(=O)N1.CC.CC.CCC(CC)CC. The Morgan fingerprint density at radius 2 is 1.61 bits per heavy atom. The molecule has 1 atom stereocenters. The summed E-state index contributed by atoms with van der Waals surface area (Å²) in [5.41, 5.74) is 5.21. The minimum absolute atomic E-state index is 0.0180. The van der Waals surface area contributed by atoms with E-state index in [4.69, 9.17) is 0 Å². The number of amides is 1. The van der Waals surface area contributed by atoms with Crippen molar-refractivity contribution in [3.63, 3.8) is 0 Å². The van der Waals surface area contributed by atoms with Gasteiger partial charge in [0.15, 0.2) is 0 Å². The van der Waals surface area contributed by atoms with Gasteiger partial charge in [0.05, 0.1) is 5.41 Å². The summed E-state index contributed by atoms with van der Waals surface area (Å²) in [5.74, 6) is 0.802. The highest BCUT2D eigenvalue weighted by atomic mass is 19.1. The molecule has 1 spiro atoms. The molecule has 2 aliphatic rings. The van der Waals surface area contributed by atoms with E-state index >= 15 is 4.39 Å². The van der Waals surface area contributed by atoms with Crippen LogP contribution in [0.3, 0.4) is 0 Å². The molecule has 1 saturated heterocycles. The van der Waals surface area contributed by atoms with Crippen molar-refractivity contribution < 1.29 is 14.3 Å². The molecular formula is C44H65FN2O2. The third kappa shape index (κ3) is 9.22. The van der Waals surface area contributed by atoms with E-state index < -0.39 is 5.41 Å². The average molecular weight is 673 g/mol. The van der Waals surface area contributed by atoms with Gasteiger partial charge in [-0.1, -0.05) is 131 Å². The predicted molar refractivity (Wildman–Crippen MR) is 210 cm³/mol. The fraction of sp³-hybridized carbons (Fsp3) is 0.523. The highest BCUT2D eigenvalue weighted by Crippen LogP contribution is 2.50. The van der Waals surface area contributed by atoms with E-state index in [0.717, 1.165) is 83.3 Å². The van der Waals surface area contributed by atoms with Gasteiger partial charge < -0.3 is 15.7 Å². The van der Waals surface area contributed by atoms with Gasteiger partial charge in [-0.15, -0.1) is 0 Å². The van der Waals surface area contributed by atoms with Crippen LogP contribution in [0.4, 0.5) is 4.39 Å². The van der Waals surface area contributed by atoms with Gasteiger partial charge in [0.25, 0.3) is 0 Å². The van der Waals surface area contributed by atoms with Crippen molar-refractivity contribution in [2.24, 2.45) is 11.3 Å². The number of aryl methyl sites for hydroxylation is 1. The van der Waals surface area contributed by atoms with Crippen LogP contribution in [0.5, 0.6) is 5.75 Å². The van der Waals surface area contributed by atoms with Crippen molar-refractivity contribution in [2.45, 2.75) is 127 Å². The maximum Gasteiger partial charge on any atom is 0.236 e. The van der Waals surface area contributed by atoms with Crippen LogP contribution in [-0.4, -0.2) is 24.1 Å². The number of allylic oxidation sites excluding steroid dienone is 1. The lowest BCUT2D eigenvalue weighted by Crippen LogP contribution is -2.46. The number of rotatable bonds is 10. The molecule has 49 heavy (non-hydrogen) atoms. The summed E-state index contributed by atoms with van der Waals surface area (Å²) < 4.78 is 16.9. The first kappa shape index (κ1) is 41.7. The molecule has 5 rings (SSSR count). The molecule has 2 heterocycles. The molecule has 4 nitrogen and oxygen atoms in total. The Balaban J connectivity index is 0.000000667. The lowest BCUT2D eigenvalue weighted by molar-refractivity contribution is -0.126. The second-order valence-corrected chi connectivity index (χ2v) is 12.9. The van der Waals surface area contributed by atoms with Crippen LogP contribution < -0.4 is 10.6 Å². The second kappa shape index (κ2) is 20.3. The number of phenols is 1. The first-order chi connectivity index (χ1) is 23.7. The fourth-order valence-corrected chi connectivity index (χ4v) is 7.28. The lowest BCUT2D eigenvalue weighted by Gasteiger charge is -2.35. The number of benzene rings is 3. The molecule has 0 saturated carbocycles. The third-order valence-corrected chi connectivity index (χ3v) is 9.87. The van der Waals surface area contributed by atoms with E-state index in [0.29, 0.717) is 29.7 Å². The van der Waals surface area contributed by atoms with Gasteiger partial charge in [-0.05, 0) is 95.8 Å². The van der Waals surface area contributed by atoms with Crippen LogP contribution in [0.2, 0.25) is 0 Å². The Kier molecular flexibility index (Phi) is 17.3. The van der Waals surface area contributed by atoms with Crippen molar-refractivity contribution in [2.75, 3.05) is 13.1 Å². The molecule has 270 valence electrons. The summed E-state index contributed by atoms with van der Waals surface area (Å²) in [6.45, 7) is 26.6. The molecule has 1 unspecified atom stereocenters. The first-order valence-corrected chi connectivity index (χ1v) is 19.2. The van der Waals surface area contributed by atoms with Crippen molar-refractivity contribution in [1.29, 1.82) is 0 Å². The van der Waals surface area contributed by atoms with Gasteiger partial charge in [-0.25, -0.2) is 4.39 Å². The molecule has 3 aromatic carbocycles. The first-order valence-electron chi connectivity index (χ1n) is 19.2. The van der Waals surface area contributed by atoms with Gasteiger partial charge in [0.1, 0.15) is 11.6 Å². The highest BCUT2D eigenvalue weighted by Gasteiger charge is 2.50. The normalized spacial score (nSPS) is 16.8. The lowest BCUT2D eigenvalue weighted by atomic mass is 9.70. The number of piperidine rings is 1. The number of fused-ring (bicyclic) bond motifs is 1. The quantitative estimate of drug-likeness (QED) is 0.201. The van der Waals surface area contributed by atoms with Crippen LogP contribution in [0.1, 0.15) is 130 Å². The number of phenolic OH excluding ortho intramolecular Hbond substituents is 1. The van der Waals surface area contributed by atoms with Crippen LogP contribution >= 0.6 is 0 Å². The standard InChI is InChI=1S/C33H37FN2O2.C7H16.2C2H6/c1-5-10-20(3)31-29(33(32(38)36-31)14-9-15-35-19-33)27-16-21(4)28(30(34)25(27)11-6-2)26-18-23(37)17-22-12-7-8-13-24(22)26;1-4-7(5-2)6-3;2*1-2/h7-8,12-13,16-18,35,37H,3,5-6,9-11,14-15,19H2,1-2,4H3,(H,36,38);7H,4-6H2,1-3H3;2*1-2H3. The molecule has 3 N–H and O–H groups in total. The van der Waals surface area contributed by atoms with E-state index in [1.807, 2.05) is 65.8 Å². The molecule has 5 heteroatoms. The molecule has 0 radical (unpaired) electrons. The molecule has 0 aromatic heterocycles. The zero-order valence-corrected chi connectivity index (χ0v) is 32.3. The predicted octanol–water partition coefficient (Wildman–Crippen LogP) is 12.1. The van der Waals surface area contributed by atoms with Crippen LogP contribution in [-0.2, 0) is 11.2 Å². The van der Waals surface area contributed by atoms with E-state index in [1.165, 1.54) is 19.3 Å². The van der Waals surface area contributed by atoms with Gasteiger partial charge in [0.2, 0.25) is 5.91 Å². The Hall–Kier alpha value is -3.44. The van der Waals surface area contributed by atoms with Crippen molar-refractivity contribution in [3.8, 4) is 16.9 Å². The number of carbonyl (C=O) groups is 1. The molecule has 0 aliphatic carbocycles. The number of carbonyl (C=O) groups excluding carboxylic acids is 1. The minimum atomic E-state index is -0.745. The second-order valence-electron chi connectivity index (χ2n) is 12.9. The van der Waals surface area contributed by atoms with Crippen LogP contribution in [0.25, 0.3) is 27.5 Å². The molecule has 1 fully saturated rings. The number of hydrogen-bond donors (Lipinski definition) is 3. The van der Waals surface area contributed by atoms with Gasteiger partial charge in [-0.3, -0.25) is 4.79 Å². The van der Waals surface area contributed by atoms with Crippen molar-refractivity contribution in [1.82, 2.24) is 10.6 Å². The number of halogens is 1. The summed E-state index contributed by atoms with van der Waals surface area (Å²) >= 11 is 0. The molecule has 0 bridgehead atoms. The fourth-order valence-electron chi connectivity index (χ4n) is 7.28. The van der Waals surface area contributed by atoms with Crippen LogP contribution in [0.15, 0.2) is 60.3 Å². The number of nitrogens with one attached hydrogen (secondary N) is 2. The van der Waals surface area contributed by atoms with E-state index in [9.17, 15) is 9.90 Å². The number of hydrogen-bond acceptors (Lipinski definition) is 3. The maximum atomic E-state index is 16.9. The van der Waals surface area contributed by atoms with Crippen molar-refractivity contribution in [3.05, 3.63) is 82.8 Å². The molecule has 2 aliphatic heterocycles. The maximum absolute atomic E-state index is 16.9. The Morgan fingerprint density at radius 3 is 2.16 bits per heavy atom. The zero-order chi connectivity index (χ0) is 36.7. The zero-order valence-electron chi connectivity index (χ0n) is 32.3. The van der Waals surface area contributed by atoms with E-state index in [2.05, 4.69) is 51.0 Å². The van der Waals surface area contributed by atoms with Crippen LogP contribution in [0, 0.1) is 24.1 Å². The summed E-state index contributed by atoms with van der Waals surface area (Å²) in [4.78, 5) is 13.6. The number of aromatic hydroxyl groups is 1. The monoisotopic (exact) mass is 673 g/mol. The van der Waals surface area contributed by atoms with E-state index in [1.54, 1.807) is 12.1 Å². The van der Waals surface area contributed by atoms with Crippen molar-refractivity contribution >= 4 is 22.3 Å². The van der Waals surface area contributed by atoms with Gasteiger partial charge >= 0.3 is 0 Å². The Bertz CT molecular complexity index is 1560. The minimum Gasteiger partial charge on any atom is -0.508 e. The molecule has 1 amide bonds. The van der Waals surface area contributed by atoms with Gasteiger partial charge in [0, 0.05) is 23.4 Å². The summed E-state index contributed by atoms with van der Waals surface area (Å²) in [5, 5.41) is 18.9. The highest BCUT2D eigenvalue weighted by molar-refractivity contribution is 6.06. The summed E-state index contributed by atoms with van der Waals surface area (Å²) in [6, 6.07) is 13.2. The molecular weight excluding hydrogens is 607 g/mol. The Morgan fingerprint density at radius 1 is 0.959 bits per heavy atom. The topological polar surface area (TPSA) is 61.4 Å². The average Bonchev–Trinajstić information content (AvgIpc) is 3.39. The smallest absolute Gasteiger partial charge is 0.236 e. The largest absolute Gasteiger partial charge is 0.508 e. The molecule has 3 aromatic rings. The van der Waals surface area contributed by atoms with Gasteiger partial charge in [-0.2, -0.15) is 0 Å². The van der Waals surface area contributed by atoms with E-state index in [-0.39, 0.29) is 17.5 Å². The third-order valence-electron chi connectivity index (χ3n) is 9.87. The Labute approximate surface area is 297 Å². The summed E-state index contributed by atoms with van der Waals surface area (Å²) in [7, 11) is 0. The summed E-state index contributed by atoms with van der Waals surface area (Å²) in [6.07, 6.45) is 8.64.